The highest BCUT2D eigenvalue weighted by molar-refractivity contribution is 7.99. The van der Waals surface area contributed by atoms with Gasteiger partial charge in [-0.3, -0.25) is 0 Å². The Hall–Kier alpha value is -0.480. The molecule has 1 aromatic heterocycles. The quantitative estimate of drug-likeness (QED) is 0.877. The van der Waals surface area contributed by atoms with Crippen LogP contribution in [0.2, 0.25) is 0 Å². The molecule has 0 aliphatic heterocycles. The minimum absolute atomic E-state index is 0.261. The summed E-state index contributed by atoms with van der Waals surface area (Å²) in [5.41, 5.74) is 0. The normalized spacial score (nSPS) is 19.4. The van der Waals surface area contributed by atoms with Gasteiger partial charge in [0.05, 0.1) is 6.10 Å². The third kappa shape index (κ3) is 4.03. The van der Waals surface area contributed by atoms with E-state index in [0.717, 1.165) is 16.8 Å². The second-order valence-corrected chi connectivity index (χ2v) is 6.24. The number of aryl methyl sites for hydroxylation is 1. The largest absolute Gasteiger partial charge is 0.392 e. The lowest BCUT2D eigenvalue weighted by atomic mass is 10.0. The highest BCUT2D eigenvalue weighted by Crippen LogP contribution is 2.28. The molecule has 0 bridgehead atoms. The number of hydrogen-bond acceptors (Lipinski definition) is 3. The van der Waals surface area contributed by atoms with Crippen molar-refractivity contribution in [1.82, 2.24) is 9.55 Å². The minimum atomic E-state index is -0.261. The third-order valence-electron chi connectivity index (χ3n) is 3.42. The van der Waals surface area contributed by atoms with Crippen LogP contribution in [0.3, 0.4) is 0 Å². The van der Waals surface area contributed by atoms with Crippen molar-refractivity contribution in [3.8, 4) is 0 Å². The van der Waals surface area contributed by atoms with Crippen molar-refractivity contribution in [2.75, 3.05) is 5.75 Å². The highest BCUT2D eigenvalue weighted by Gasteiger charge is 2.16. The molecular weight excluding hydrogens is 232 g/mol. The van der Waals surface area contributed by atoms with E-state index in [1.165, 1.54) is 32.1 Å². The van der Waals surface area contributed by atoms with Gasteiger partial charge in [0.15, 0.2) is 0 Å². The third-order valence-corrected chi connectivity index (χ3v) is 4.94. The van der Waals surface area contributed by atoms with Gasteiger partial charge in [-0.1, -0.05) is 19.3 Å². The van der Waals surface area contributed by atoms with E-state index in [9.17, 15) is 5.11 Å². The van der Waals surface area contributed by atoms with Gasteiger partial charge in [0.2, 0.25) is 0 Å². The zero-order valence-electron chi connectivity index (χ0n) is 10.5. The molecule has 1 N–H and O–H groups in total. The molecule has 1 unspecified atom stereocenters. The van der Waals surface area contributed by atoms with Crippen LogP contribution in [0, 0.1) is 0 Å². The fraction of sp³-hybridized carbons (Fsp3) is 0.769. The van der Waals surface area contributed by atoms with Crippen molar-refractivity contribution in [2.45, 2.75) is 49.9 Å². The van der Waals surface area contributed by atoms with Crippen LogP contribution in [0.15, 0.2) is 12.4 Å². The van der Waals surface area contributed by atoms with Gasteiger partial charge in [-0.15, -0.1) is 0 Å². The van der Waals surface area contributed by atoms with Crippen LogP contribution in [-0.4, -0.2) is 31.8 Å². The Morgan fingerprint density at radius 2 is 2.24 bits per heavy atom. The molecule has 1 saturated carbocycles. The molecule has 17 heavy (non-hydrogen) atoms. The first-order valence-electron chi connectivity index (χ1n) is 6.51. The van der Waals surface area contributed by atoms with Crippen molar-refractivity contribution in [2.24, 2.45) is 7.05 Å². The molecule has 0 amide bonds. The van der Waals surface area contributed by atoms with Crippen LogP contribution < -0.4 is 0 Å². The Kier molecular flexibility index (Phi) is 4.92. The predicted molar refractivity (Wildman–Crippen MR) is 72.2 cm³/mol. The predicted octanol–water partition coefficient (Wildman–Crippen LogP) is 2.39. The number of aliphatic hydroxyl groups excluding tert-OH is 1. The number of nitrogens with zero attached hydrogens (tertiary/aromatic N) is 2. The first kappa shape index (κ1) is 13.0. The number of rotatable bonds is 5. The average Bonchev–Trinajstić information content (AvgIpc) is 2.74. The van der Waals surface area contributed by atoms with E-state index in [2.05, 4.69) is 4.98 Å². The highest BCUT2D eigenvalue weighted by atomic mass is 32.2. The number of thioether (sulfide) groups is 1. The lowest BCUT2D eigenvalue weighted by Gasteiger charge is -2.22. The van der Waals surface area contributed by atoms with Crippen molar-refractivity contribution < 1.29 is 5.11 Å². The van der Waals surface area contributed by atoms with E-state index < -0.39 is 0 Å². The molecule has 0 aromatic carbocycles. The van der Waals surface area contributed by atoms with E-state index in [0.29, 0.717) is 6.42 Å². The second-order valence-electron chi connectivity index (χ2n) is 4.91. The van der Waals surface area contributed by atoms with Crippen molar-refractivity contribution >= 4 is 11.8 Å². The molecule has 1 aliphatic carbocycles. The van der Waals surface area contributed by atoms with E-state index in [1.54, 1.807) is 6.20 Å². The Labute approximate surface area is 108 Å². The molecule has 1 aromatic rings. The molecule has 96 valence electrons. The monoisotopic (exact) mass is 254 g/mol. The number of hydrogen-bond donors (Lipinski definition) is 1. The molecule has 1 heterocycles. The summed E-state index contributed by atoms with van der Waals surface area (Å²) in [4.78, 5) is 4.24. The lowest BCUT2D eigenvalue weighted by Crippen LogP contribution is -2.19. The van der Waals surface area contributed by atoms with Gasteiger partial charge in [0.1, 0.15) is 5.82 Å². The van der Waals surface area contributed by atoms with Gasteiger partial charge in [0.25, 0.3) is 0 Å². The van der Waals surface area contributed by atoms with Crippen molar-refractivity contribution in [3.63, 3.8) is 0 Å². The first-order chi connectivity index (χ1) is 8.25. The van der Waals surface area contributed by atoms with Gasteiger partial charge >= 0.3 is 0 Å². The zero-order chi connectivity index (χ0) is 12.1. The minimum Gasteiger partial charge on any atom is -0.392 e. The summed E-state index contributed by atoms with van der Waals surface area (Å²) in [6.07, 6.45) is 10.9. The van der Waals surface area contributed by atoms with Crippen LogP contribution in [-0.2, 0) is 13.5 Å². The van der Waals surface area contributed by atoms with Crippen molar-refractivity contribution in [3.05, 3.63) is 18.2 Å². The number of imidazole rings is 1. The summed E-state index contributed by atoms with van der Waals surface area (Å²) in [6.45, 7) is 0. The first-order valence-corrected chi connectivity index (χ1v) is 7.56. The van der Waals surface area contributed by atoms with Gasteiger partial charge in [-0.05, 0) is 12.8 Å². The van der Waals surface area contributed by atoms with Crippen LogP contribution in [0.1, 0.15) is 37.9 Å². The molecule has 1 atom stereocenters. The molecule has 0 saturated heterocycles. The van der Waals surface area contributed by atoms with E-state index in [1.807, 2.05) is 29.6 Å². The maximum atomic E-state index is 10.0. The van der Waals surface area contributed by atoms with E-state index in [-0.39, 0.29) is 6.10 Å². The SMILES string of the molecule is Cn1ccnc1CC(O)CSC1CCCCC1. The number of aliphatic hydroxyl groups is 1. The van der Waals surface area contributed by atoms with Gasteiger partial charge < -0.3 is 9.67 Å². The van der Waals surface area contributed by atoms with Crippen LogP contribution in [0.25, 0.3) is 0 Å². The fourth-order valence-corrected chi connectivity index (χ4v) is 3.62. The summed E-state index contributed by atoms with van der Waals surface area (Å²) in [5.74, 6) is 1.82. The summed E-state index contributed by atoms with van der Waals surface area (Å²) in [6, 6.07) is 0. The average molecular weight is 254 g/mol. The summed E-state index contributed by atoms with van der Waals surface area (Å²) in [7, 11) is 1.98. The van der Waals surface area contributed by atoms with Gasteiger partial charge in [-0.25, -0.2) is 4.98 Å². The van der Waals surface area contributed by atoms with E-state index >= 15 is 0 Å². The maximum Gasteiger partial charge on any atom is 0.110 e. The zero-order valence-corrected chi connectivity index (χ0v) is 11.3. The molecule has 4 heteroatoms. The molecule has 0 spiro atoms. The fourth-order valence-electron chi connectivity index (χ4n) is 2.34. The van der Waals surface area contributed by atoms with Crippen LogP contribution in [0.5, 0.6) is 0 Å². The molecule has 2 rings (SSSR count). The number of aromatic nitrogens is 2. The van der Waals surface area contributed by atoms with Gasteiger partial charge in [0, 0.05) is 36.9 Å². The molecule has 3 nitrogen and oxygen atoms in total. The standard InChI is InChI=1S/C13H22N2OS/c1-15-8-7-14-13(15)9-11(16)10-17-12-5-3-2-4-6-12/h7-8,11-12,16H,2-6,9-10H2,1H3. The molecular formula is C13H22N2OS. The maximum absolute atomic E-state index is 10.0. The van der Waals surface area contributed by atoms with Crippen LogP contribution in [0.4, 0.5) is 0 Å². The Balaban J connectivity index is 1.70. The molecule has 0 radical (unpaired) electrons. The summed E-state index contributed by atoms with van der Waals surface area (Å²) >= 11 is 1.95. The second kappa shape index (κ2) is 6.45. The molecule has 1 fully saturated rings. The summed E-state index contributed by atoms with van der Waals surface area (Å²) < 4.78 is 1.98. The van der Waals surface area contributed by atoms with E-state index in [4.69, 9.17) is 0 Å². The Morgan fingerprint density at radius 1 is 1.47 bits per heavy atom. The Bertz CT molecular complexity index is 334. The van der Waals surface area contributed by atoms with Crippen molar-refractivity contribution in [1.29, 1.82) is 0 Å². The Morgan fingerprint density at radius 3 is 2.88 bits per heavy atom. The molecule has 1 aliphatic rings. The lowest BCUT2D eigenvalue weighted by molar-refractivity contribution is 0.196. The summed E-state index contributed by atoms with van der Waals surface area (Å²) in [5, 5.41) is 10.8. The van der Waals surface area contributed by atoms with Gasteiger partial charge in [-0.2, -0.15) is 11.8 Å². The topological polar surface area (TPSA) is 38.0 Å². The smallest absolute Gasteiger partial charge is 0.110 e. The van der Waals surface area contributed by atoms with Crippen LogP contribution >= 0.6 is 11.8 Å².